The van der Waals surface area contributed by atoms with Crippen molar-refractivity contribution < 1.29 is 9.59 Å². The highest BCUT2D eigenvalue weighted by Gasteiger charge is 2.19. The van der Waals surface area contributed by atoms with Gasteiger partial charge in [0.2, 0.25) is 0 Å². The highest BCUT2D eigenvalue weighted by Crippen LogP contribution is 2.16. The van der Waals surface area contributed by atoms with Gasteiger partial charge in [-0.1, -0.05) is 41.4 Å². The molecule has 1 rings (SSSR count). The van der Waals surface area contributed by atoms with Gasteiger partial charge in [-0.2, -0.15) is 0 Å². The Hall–Kier alpha value is -0.370. The molecule has 94 valence electrons. The lowest BCUT2D eigenvalue weighted by molar-refractivity contribution is -0.128. The van der Waals surface area contributed by atoms with Crippen LogP contribution in [0.5, 0.6) is 0 Å². The second-order valence-corrected chi connectivity index (χ2v) is 5.53. The Morgan fingerprint density at radius 2 is 2.06 bits per heavy atom. The predicted octanol–water partition coefficient (Wildman–Crippen LogP) is 3.31. The van der Waals surface area contributed by atoms with Crippen molar-refractivity contribution in [2.45, 2.75) is 51.4 Å². The van der Waals surface area contributed by atoms with Gasteiger partial charge in [-0.25, -0.2) is 0 Å². The average Bonchev–Trinajstić information content (AvgIpc) is 2.25. The highest BCUT2D eigenvalue weighted by atomic mass is 127. The molecule has 0 aromatic heterocycles. The van der Waals surface area contributed by atoms with Crippen LogP contribution in [0.3, 0.4) is 0 Å². The summed E-state index contributed by atoms with van der Waals surface area (Å²) in [6.07, 6.45) is 6.60. The fourth-order valence-electron chi connectivity index (χ4n) is 1.92. The normalized spacial score (nSPS) is 19.7. The molecule has 0 N–H and O–H groups in total. The lowest BCUT2D eigenvalue weighted by Crippen LogP contribution is -2.17. The van der Waals surface area contributed by atoms with Crippen molar-refractivity contribution in [2.75, 3.05) is 4.43 Å². The first kappa shape index (κ1) is 14.7. The molecule has 0 heterocycles. The van der Waals surface area contributed by atoms with Gasteiger partial charge < -0.3 is 0 Å². The molecule has 0 aliphatic heterocycles. The number of rotatable bonds is 6. The standard InChI is InChI=1S/C14H19IO2/c15-10-6-9-13(16)11-14(17)12-7-4-2-1-3-5-8-12/h12H,1-4,6-7,9-11H2. The van der Waals surface area contributed by atoms with Crippen molar-refractivity contribution in [2.24, 2.45) is 5.92 Å². The van der Waals surface area contributed by atoms with Crippen molar-refractivity contribution in [3.8, 4) is 11.8 Å². The summed E-state index contributed by atoms with van der Waals surface area (Å²) >= 11 is 2.25. The Balaban J connectivity index is 2.42. The van der Waals surface area contributed by atoms with Crippen LogP contribution in [0.15, 0.2) is 0 Å². The quantitative estimate of drug-likeness (QED) is 0.320. The number of hydrogen-bond acceptors (Lipinski definition) is 2. The Morgan fingerprint density at radius 3 is 2.82 bits per heavy atom. The van der Waals surface area contributed by atoms with E-state index in [2.05, 4.69) is 34.4 Å². The van der Waals surface area contributed by atoms with Gasteiger partial charge in [0.1, 0.15) is 5.78 Å². The third-order valence-corrected chi connectivity index (χ3v) is 3.68. The van der Waals surface area contributed by atoms with Gasteiger partial charge in [-0.15, -0.1) is 5.92 Å². The lowest BCUT2D eigenvalue weighted by atomic mass is 9.92. The molecule has 0 spiro atoms. The molecule has 0 aromatic rings. The van der Waals surface area contributed by atoms with Gasteiger partial charge in [-0.3, -0.25) is 9.59 Å². The van der Waals surface area contributed by atoms with Gasteiger partial charge in [0.05, 0.1) is 12.3 Å². The van der Waals surface area contributed by atoms with Crippen molar-refractivity contribution in [1.29, 1.82) is 0 Å². The maximum atomic E-state index is 11.9. The van der Waals surface area contributed by atoms with Gasteiger partial charge in [-0.05, 0) is 23.7 Å². The zero-order valence-corrected chi connectivity index (χ0v) is 12.3. The van der Waals surface area contributed by atoms with E-state index in [-0.39, 0.29) is 23.9 Å². The van der Waals surface area contributed by atoms with E-state index in [4.69, 9.17) is 0 Å². The third-order valence-electron chi connectivity index (χ3n) is 2.92. The van der Waals surface area contributed by atoms with Crippen LogP contribution >= 0.6 is 22.6 Å². The first-order chi connectivity index (χ1) is 8.24. The van der Waals surface area contributed by atoms with Gasteiger partial charge in [0.15, 0.2) is 5.78 Å². The first-order valence-corrected chi connectivity index (χ1v) is 7.85. The van der Waals surface area contributed by atoms with E-state index in [0.29, 0.717) is 6.42 Å². The smallest absolute Gasteiger partial charge is 0.155 e. The summed E-state index contributed by atoms with van der Waals surface area (Å²) in [5.41, 5.74) is 0. The number of hydrogen-bond donors (Lipinski definition) is 0. The summed E-state index contributed by atoms with van der Waals surface area (Å²) in [6.45, 7) is 0. The van der Waals surface area contributed by atoms with E-state index in [1.807, 2.05) is 0 Å². The van der Waals surface area contributed by atoms with Gasteiger partial charge in [0.25, 0.3) is 0 Å². The fourth-order valence-corrected chi connectivity index (χ4v) is 2.30. The molecule has 0 fully saturated rings. The van der Waals surface area contributed by atoms with Crippen LogP contribution in [0, 0.1) is 17.8 Å². The summed E-state index contributed by atoms with van der Waals surface area (Å²) in [4.78, 5) is 23.4. The van der Waals surface area contributed by atoms with Crippen molar-refractivity contribution in [3.05, 3.63) is 0 Å². The molecule has 0 radical (unpaired) electrons. The number of ketones is 2. The minimum absolute atomic E-state index is 0.0397. The molecular formula is C14H19IO2. The van der Waals surface area contributed by atoms with Crippen LogP contribution in [0.2, 0.25) is 0 Å². The number of Topliss-reactive ketones (excluding diaryl/α,β-unsaturated/α-hetero) is 2. The van der Waals surface area contributed by atoms with Crippen molar-refractivity contribution >= 4 is 34.2 Å². The molecule has 1 aliphatic rings. The predicted molar refractivity (Wildman–Crippen MR) is 77.1 cm³/mol. The second-order valence-electron chi connectivity index (χ2n) is 4.45. The number of halogens is 1. The number of alkyl halides is 1. The molecule has 2 nitrogen and oxygen atoms in total. The van der Waals surface area contributed by atoms with E-state index < -0.39 is 0 Å². The van der Waals surface area contributed by atoms with Gasteiger partial charge >= 0.3 is 0 Å². The molecule has 1 unspecified atom stereocenters. The summed E-state index contributed by atoms with van der Waals surface area (Å²) < 4.78 is 0.973. The maximum Gasteiger partial charge on any atom is 0.155 e. The van der Waals surface area contributed by atoms with Crippen molar-refractivity contribution in [3.63, 3.8) is 0 Å². The molecule has 1 atom stereocenters. The fraction of sp³-hybridized carbons (Fsp3) is 0.714. The molecule has 1 aliphatic carbocycles. The van der Waals surface area contributed by atoms with Crippen LogP contribution in [-0.4, -0.2) is 16.0 Å². The summed E-state index contributed by atoms with van der Waals surface area (Å²) in [5, 5.41) is 0. The Morgan fingerprint density at radius 1 is 1.24 bits per heavy atom. The first-order valence-electron chi connectivity index (χ1n) is 6.33. The van der Waals surface area contributed by atoms with Gasteiger partial charge in [0, 0.05) is 12.8 Å². The number of carbonyl (C=O) groups excluding carboxylic acids is 2. The van der Waals surface area contributed by atoms with Crippen LogP contribution in [0.1, 0.15) is 51.4 Å². The lowest BCUT2D eigenvalue weighted by Gasteiger charge is -2.10. The molecule has 0 aromatic carbocycles. The molecule has 0 amide bonds. The molecule has 0 saturated heterocycles. The second kappa shape index (κ2) is 8.68. The molecule has 17 heavy (non-hydrogen) atoms. The third kappa shape index (κ3) is 6.21. The Bertz CT molecular complexity index is 325. The van der Waals surface area contributed by atoms with Crippen molar-refractivity contribution in [1.82, 2.24) is 0 Å². The van der Waals surface area contributed by atoms with Crippen LogP contribution in [-0.2, 0) is 9.59 Å². The van der Waals surface area contributed by atoms with E-state index in [1.165, 1.54) is 0 Å². The molecule has 0 saturated carbocycles. The topological polar surface area (TPSA) is 34.1 Å². The minimum Gasteiger partial charge on any atom is -0.299 e. The van der Waals surface area contributed by atoms with Crippen LogP contribution < -0.4 is 0 Å². The zero-order valence-electron chi connectivity index (χ0n) is 10.1. The highest BCUT2D eigenvalue weighted by molar-refractivity contribution is 14.1. The van der Waals surface area contributed by atoms with E-state index in [1.54, 1.807) is 0 Å². The largest absolute Gasteiger partial charge is 0.299 e. The molecule has 0 bridgehead atoms. The van der Waals surface area contributed by atoms with E-state index >= 15 is 0 Å². The summed E-state index contributed by atoms with van der Waals surface area (Å²) in [7, 11) is 0. The average molecular weight is 346 g/mol. The van der Waals surface area contributed by atoms with E-state index in [0.717, 1.165) is 43.0 Å². The maximum absolute atomic E-state index is 11.9. The molecular weight excluding hydrogens is 327 g/mol. The van der Waals surface area contributed by atoms with Crippen LogP contribution in [0.25, 0.3) is 0 Å². The Labute approximate surface area is 117 Å². The minimum atomic E-state index is -0.182. The zero-order chi connectivity index (χ0) is 12.5. The summed E-state index contributed by atoms with van der Waals surface area (Å²) in [5.74, 6) is 6.02. The van der Waals surface area contributed by atoms with E-state index in [9.17, 15) is 9.59 Å². The monoisotopic (exact) mass is 346 g/mol. The molecule has 3 heteroatoms. The Kier molecular flexibility index (Phi) is 7.50. The SMILES string of the molecule is O=C(CCCI)CC(=O)C1C#CCCCCC1. The number of carbonyl (C=O) groups is 2. The van der Waals surface area contributed by atoms with Crippen LogP contribution in [0.4, 0.5) is 0 Å². The summed E-state index contributed by atoms with van der Waals surface area (Å²) in [6, 6.07) is 0.